The van der Waals surface area contributed by atoms with Gasteiger partial charge < -0.3 is 11.1 Å². The Hall–Kier alpha value is -1.30. The Labute approximate surface area is 64.0 Å². The number of aliphatic imine (C=N–C) groups is 1. The molecule has 1 atom stereocenters. The highest BCUT2D eigenvalue weighted by atomic mass is 16.1. The fourth-order valence-electron chi connectivity index (χ4n) is 0.915. The van der Waals surface area contributed by atoms with E-state index >= 15 is 0 Å². The second kappa shape index (κ2) is 3.20. The summed E-state index contributed by atoms with van der Waals surface area (Å²) in [4.78, 5) is 14.6. The number of rotatable bonds is 1. The van der Waals surface area contributed by atoms with Gasteiger partial charge in [-0.25, -0.2) is 10.8 Å². The summed E-state index contributed by atoms with van der Waals surface area (Å²) in [5.41, 5.74) is 7.47. The quantitative estimate of drug-likeness (QED) is 0.148. The molecule has 1 aliphatic heterocycles. The Morgan fingerprint density at radius 1 is 1.82 bits per heavy atom. The molecule has 0 radical (unpaired) electrons. The van der Waals surface area contributed by atoms with Crippen LogP contribution < -0.4 is 22.3 Å². The van der Waals surface area contributed by atoms with Crippen LogP contribution in [0.5, 0.6) is 0 Å². The highest BCUT2D eigenvalue weighted by molar-refractivity contribution is 5.81. The van der Waals surface area contributed by atoms with E-state index < -0.39 is 0 Å². The zero-order chi connectivity index (χ0) is 8.27. The first-order valence-corrected chi connectivity index (χ1v) is 3.29. The number of hydrazine groups is 1. The Morgan fingerprint density at radius 2 is 2.55 bits per heavy atom. The van der Waals surface area contributed by atoms with Gasteiger partial charge in [0.25, 0.3) is 0 Å². The molecule has 62 valence electrons. The summed E-state index contributed by atoms with van der Waals surface area (Å²) in [7, 11) is 0. The minimum atomic E-state index is -0.0708. The molecule has 0 aromatic heterocycles. The minimum Gasteiger partial charge on any atom is -0.369 e. The van der Waals surface area contributed by atoms with Crippen molar-refractivity contribution in [2.45, 2.75) is 12.5 Å². The van der Waals surface area contributed by atoms with Crippen molar-refractivity contribution in [1.82, 2.24) is 10.7 Å². The van der Waals surface area contributed by atoms with Crippen LogP contribution in [0.4, 0.5) is 0 Å². The third-order valence-corrected chi connectivity index (χ3v) is 1.43. The van der Waals surface area contributed by atoms with Crippen molar-refractivity contribution in [2.75, 3.05) is 6.54 Å². The molecule has 1 heterocycles. The van der Waals surface area contributed by atoms with Crippen LogP contribution in [0.1, 0.15) is 6.42 Å². The summed E-state index contributed by atoms with van der Waals surface area (Å²) in [5, 5.41) is 2.63. The number of nitrogens with one attached hydrogen (secondary N) is 2. The Bertz CT molecular complexity index is 189. The van der Waals surface area contributed by atoms with E-state index in [1.807, 2.05) is 0 Å². The summed E-state index contributed by atoms with van der Waals surface area (Å²) in [6.07, 6.45) is 0.391. The molecule has 0 aromatic carbocycles. The molecular weight excluding hydrogens is 146 g/mol. The van der Waals surface area contributed by atoms with Crippen LogP contribution in [-0.4, -0.2) is 24.5 Å². The highest BCUT2D eigenvalue weighted by Crippen LogP contribution is 2.02. The first-order chi connectivity index (χ1) is 5.22. The Kier molecular flexibility index (Phi) is 2.27. The summed E-state index contributed by atoms with van der Waals surface area (Å²) in [5.74, 6) is 5.14. The molecule has 0 spiro atoms. The number of carbonyl (C=O) groups is 1. The van der Waals surface area contributed by atoms with E-state index in [2.05, 4.69) is 15.7 Å². The van der Waals surface area contributed by atoms with E-state index in [-0.39, 0.29) is 17.9 Å². The summed E-state index contributed by atoms with van der Waals surface area (Å²) in [6, 6.07) is -0.0708. The molecule has 1 aliphatic rings. The van der Waals surface area contributed by atoms with Crippen molar-refractivity contribution in [1.29, 1.82) is 0 Å². The van der Waals surface area contributed by atoms with Crippen LogP contribution in [0.2, 0.25) is 0 Å². The lowest BCUT2D eigenvalue weighted by molar-refractivity contribution is -0.119. The summed E-state index contributed by atoms with van der Waals surface area (Å²) < 4.78 is 0. The average Bonchev–Trinajstić information content (AvgIpc) is 2.35. The van der Waals surface area contributed by atoms with Gasteiger partial charge in [0.05, 0.1) is 12.5 Å². The van der Waals surface area contributed by atoms with Crippen LogP contribution in [0.25, 0.3) is 0 Å². The summed E-state index contributed by atoms with van der Waals surface area (Å²) in [6.45, 7) is 0.543. The Balaban J connectivity index is 2.44. The number of guanidine groups is 1. The van der Waals surface area contributed by atoms with Crippen LogP contribution in [-0.2, 0) is 4.79 Å². The molecule has 1 fully saturated rings. The average molecular weight is 157 g/mol. The number of amides is 1. The third kappa shape index (κ3) is 2.08. The van der Waals surface area contributed by atoms with Crippen molar-refractivity contribution in [2.24, 2.45) is 16.6 Å². The van der Waals surface area contributed by atoms with Gasteiger partial charge >= 0.3 is 0 Å². The van der Waals surface area contributed by atoms with E-state index in [0.29, 0.717) is 13.0 Å². The second-order valence-corrected chi connectivity index (χ2v) is 2.32. The van der Waals surface area contributed by atoms with E-state index in [4.69, 9.17) is 11.6 Å². The van der Waals surface area contributed by atoms with Gasteiger partial charge in [-0.05, 0) is 0 Å². The molecule has 1 rings (SSSR count). The van der Waals surface area contributed by atoms with Crippen molar-refractivity contribution < 1.29 is 4.79 Å². The van der Waals surface area contributed by atoms with Crippen molar-refractivity contribution >= 4 is 11.9 Å². The third-order valence-electron chi connectivity index (χ3n) is 1.43. The maximum atomic E-state index is 10.7. The fraction of sp³-hybridized carbons (Fsp3) is 0.600. The Morgan fingerprint density at radius 3 is 3.00 bits per heavy atom. The van der Waals surface area contributed by atoms with E-state index in [1.54, 1.807) is 0 Å². The van der Waals surface area contributed by atoms with Gasteiger partial charge in [-0.15, -0.1) is 0 Å². The maximum Gasteiger partial charge on any atom is 0.222 e. The highest BCUT2D eigenvalue weighted by Gasteiger charge is 2.20. The molecule has 0 saturated carbocycles. The lowest BCUT2D eigenvalue weighted by Gasteiger charge is -2.01. The molecule has 1 amide bonds. The van der Waals surface area contributed by atoms with Gasteiger partial charge in [-0.1, -0.05) is 0 Å². The standard InChI is InChI=1S/C5H11N5O/c6-5(10-7)9-3-1-4(11)8-2-3/h3H,1-2,7H2,(H,8,11)(H3,6,9,10). The lowest BCUT2D eigenvalue weighted by atomic mass is 10.3. The molecule has 0 bridgehead atoms. The smallest absolute Gasteiger partial charge is 0.222 e. The van der Waals surface area contributed by atoms with Crippen LogP contribution in [0.15, 0.2) is 4.99 Å². The predicted octanol–water partition coefficient (Wildman–Crippen LogP) is -2.35. The molecular formula is C5H11N5O. The zero-order valence-electron chi connectivity index (χ0n) is 6.00. The fourth-order valence-corrected chi connectivity index (χ4v) is 0.915. The number of nitrogens with zero attached hydrogens (tertiary/aromatic N) is 1. The zero-order valence-corrected chi connectivity index (χ0v) is 6.00. The first kappa shape index (κ1) is 7.80. The van der Waals surface area contributed by atoms with Crippen LogP contribution in [0, 0.1) is 0 Å². The van der Waals surface area contributed by atoms with Crippen LogP contribution >= 0.6 is 0 Å². The van der Waals surface area contributed by atoms with E-state index in [1.165, 1.54) is 0 Å². The number of hydrogen-bond donors (Lipinski definition) is 4. The van der Waals surface area contributed by atoms with Crippen molar-refractivity contribution in [3.63, 3.8) is 0 Å². The van der Waals surface area contributed by atoms with Crippen molar-refractivity contribution in [3.05, 3.63) is 0 Å². The topological polar surface area (TPSA) is 106 Å². The van der Waals surface area contributed by atoms with Crippen molar-refractivity contribution in [3.8, 4) is 0 Å². The molecule has 0 aromatic rings. The van der Waals surface area contributed by atoms with E-state index in [9.17, 15) is 4.79 Å². The SMILES string of the molecule is NNC(N)=NC1CNC(=O)C1. The molecule has 1 saturated heterocycles. The van der Waals surface area contributed by atoms with E-state index in [0.717, 1.165) is 0 Å². The van der Waals surface area contributed by atoms with Crippen LogP contribution in [0.3, 0.4) is 0 Å². The largest absolute Gasteiger partial charge is 0.369 e. The van der Waals surface area contributed by atoms with Gasteiger partial charge in [-0.3, -0.25) is 10.2 Å². The van der Waals surface area contributed by atoms with Gasteiger partial charge in [0.2, 0.25) is 11.9 Å². The molecule has 11 heavy (non-hydrogen) atoms. The first-order valence-electron chi connectivity index (χ1n) is 3.29. The second-order valence-electron chi connectivity index (χ2n) is 2.32. The lowest BCUT2D eigenvalue weighted by Crippen LogP contribution is -2.38. The molecule has 0 aliphatic carbocycles. The number of hydrogen-bond acceptors (Lipinski definition) is 3. The molecule has 6 heteroatoms. The molecule has 1 unspecified atom stereocenters. The van der Waals surface area contributed by atoms with Gasteiger partial charge in [-0.2, -0.15) is 0 Å². The number of nitrogens with two attached hydrogens (primary N) is 2. The normalized spacial score (nSPS) is 25.0. The summed E-state index contributed by atoms with van der Waals surface area (Å²) >= 11 is 0. The monoisotopic (exact) mass is 157 g/mol. The van der Waals surface area contributed by atoms with Gasteiger partial charge in [0, 0.05) is 6.54 Å². The number of carbonyl (C=O) groups excluding carboxylic acids is 1. The molecule has 6 N–H and O–H groups in total. The molecule has 6 nitrogen and oxygen atoms in total. The minimum absolute atomic E-state index is 0.00331. The maximum absolute atomic E-state index is 10.7. The van der Waals surface area contributed by atoms with Gasteiger partial charge in [0.1, 0.15) is 0 Å². The predicted molar refractivity (Wildman–Crippen MR) is 40.4 cm³/mol. The van der Waals surface area contributed by atoms with Gasteiger partial charge in [0.15, 0.2) is 0 Å².